The summed E-state index contributed by atoms with van der Waals surface area (Å²) in [7, 11) is 3.47. The van der Waals surface area contributed by atoms with E-state index in [4.69, 9.17) is 39.5 Å². The van der Waals surface area contributed by atoms with Gasteiger partial charge in [-0.2, -0.15) is 0 Å². The van der Waals surface area contributed by atoms with Gasteiger partial charge in [0.1, 0.15) is 6.61 Å². The molecule has 0 spiro atoms. The Hall–Kier alpha value is -0.110. The molecule has 2 N–H and O–H groups in total. The van der Waals surface area contributed by atoms with Crippen molar-refractivity contribution in [1.82, 2.24) is 10.6 Å². The SMILES string of the molecule is CN=C(NC)NCCOc1c(Cl)cc(Cl)cc1Cl.I. The smallest absolute Gasteiger partial charge is 0.190 e. The Labute approximate surface area is 144 Å². The molecule has 0 fully saturated rings. The van der Waals surface area contributed by atoms with Crippen LogP contribution >= 0.6 is 58.8 Å². The number of hydrogen-bond donors (Lipinski definition) is 2. The Balaban J connectivity index is 0.00000324. The Morgan fingerprint density at radius 1 is 1.26 bits per heavy atom. The van der Waals surface area contributed by atoms with Crippen LogP contribution < -0.4 is 15.4 Å². The minimum Gasteiger partial charge on any atom is -0.489 e. The van der Waals surface area contributed by atoms with Crippen LogP contribution in [0.5, 0.6) is 5.75 Å². The number of nitrogens with zero attached hydrogens (tertiary/aromatic N) is 1. The summed E-state index contributed by atoms with van der Waals surface area (Å²) >= 11 is 17.8. The summed E-state index contributed by atoms with van der Waals surface area (Å²) in [5.41, 5.74) is 0. The van der Waals surface area contributed by atoms with Crippen LogP contribution in [0.2, 0.25) is 15.1 Å². The van der Waals surface area contributed by atoms with Crippen molar-refractivity contribution in [2.75, 3.05) is 27.2 Å². The average Bonchev–Trinajstić information content (AvgIpc) is 2.32. The number of guanidine groups is 1. The quantitative estimate of drug-likeness (QED) is 0.328. The van der Waals surface area contributed by atoms with Crippen molar-refractivity contribution in [1.29, 1.82) is 0 Å². The van der Waals surface area contributed by atoms with E-state index in [0.29, 0.717) is 39.9 Å². The fourth-order valence-electron chi connectivity index (χ4n) is 1.27. The van der Waals surface area contributed by atoms with Crippen LogP contribution in [0.3, 0.4) is 0 Å². The Kier molecular flexibility index (Phi) is 9.68. The third kappa shape index (κ3) is 6.25. The molecule has 0 amide bonds. The summed E-state index contributed by atoms with van der Waals surface area (Å²) in [5, 5.41) is 7.20. The van der Waals surface area contributed by atoms with Crippen LogP contribution in [0.1, 0.15) is 0 Å². The highest BCUT2D eigenvalue weighted by molar-refractivity contribution is 14.0. The van der Waals surface area contributed by atoms with Crippen LogP contribution in [-0.4, -0.2) is 33.2 Å². The summed E-state index contributed by atoms with van der Waals surface area (Å²) in [4.78, 5) is 3.97. The molecule has 0 aliphatic rings. The van der Waals surface area contributed by atoms with E-state index >= 15 is 0 Å². The molecule has 0 aliphatic carbocycles. The Bertz CT molecular complexity index is 420. The predicted molar refractivity (Wildman–Crippen MR) is 92.8 cm³/mol. The molecule has 0 bridgehead atoms. The number of ether oxygens (including phenoxy) is 1. The van der Waals surface area contributed by atoms with E-state index in [9.17, 15) is 0 Å². The predicted octanol–water partition coefficient (Wildman–Crippen LogP) is 3.44. The zero-order valence-electron chi connectivity index (χ0n) is 10.5. The highest BCUT2D eigenvalue weighted by atomic mass is 127. The van der Waals surface area contributed by atoms with Crippen LogP contribution in [0.25, 0.3) is 0 Å². The molecule has 0 aliphatic heterocycles. The number of halogens is 4. The lowest BCUT2D eigenvalue weighted by molar-refractivity contribution is 0.322. The van der Waals surface area contributed by atoms with E-state index in [0.717, 1.165) is 0 Å². The Morgan fingerprint density at radius 2 is 1.84 bits per heavy atom. The van der Waals surface area contributed by atoms with E-state index in [1.54, 1.807) is 26.2 Å². The van der Waals surface area contributed by atoms with Crippen LogP contribution in [0.4, 0.5) is 0 Å². The summed E-state index contributed by atoms with van der Waals surface area (Å²) in [6, 6.07) is 3.18. The van der Waals surface area contributed by atoms with Gasteiger partial charge in [0, 0.05) is 19.1 Å². The molecular formula is C11H15Cl3IN3O. The second-order valence-corrected chi connectivity index (χ2v) is 4.55. The highest BCUT2D eigenvalue weighted by Gasteiger charge is 2.08. The zero-order valence-corrected chi connectivity index (χ0v) is 15.1. The minimum atomic E-state index is 0. The number of hydrogen-bond acceptors (Lipinski definition) is 2. The van der Waals surface area contributed by atoms with Crippen molar-refractivity contribution in [2.24, 2.45) is 4.99 Å². The lowest BCUT2D eigenvalue weighted by atomic mass is 10.3. The van der Waals surface area contributed by atoms with E-state index in [1.807, 2.05) is 0 Å². The second kappa shape index (κ2) is 9.74. The van der Waals surface area contributed by atoms with Gasteiger partial charge in [-0.05, 0) is 12.1 Å². The summed E-state index contributed by atoms with van der Waals surface area (Å²) < 4.78 is 5.49. The maximum Gasteiger partial charge on any atom is 0.190 e. The number of aliphatic imine (C=N–C) groups is 1. The maximum absolute atomic E-state index is 5.98. The summed E-state index contributed by atoms with van der Waals surface area (Å²) in [6.45, 7) is 0.977. The molecule has 8 heteroatoms. The van der Waals surface area contributed by atoms with E-state index in [-0.39, 0.29) is 24.0 Å². The molecule has 19 heavy (non-hydrogen) atoms. The number of benzene rings is 1. The van der Waals surface area contributed by atoms with Gasteiger partial charge in [-0.3, -0.25) is 4.99 Å². The van der Waals surface area contributed by atoms with Gasteiger partial charge in [0.2, 0.25) is 0 Å². The molecule has 1 rings (SSSR count). The summed E-state index contributed by atoms with van der Waals surface area (Å²) in [5.74, 6) is 1.12. The third-order valence-electron chi connectivity index (χ3n) is 2.06. The minimum absolute atomic E-state index is 0. The largest absolute Gasteiger partial charge is 0.489 e. The first-order chi connectivity index (χ1) is 8.58. The molecule has 1 aromatic carbocycles. The van der Waals surface area contributed by atoms with Crippen molar-refractivity contribution in [3.8, 4) is 5.75 Å². The fraction of sp³-hybridized carbons (Fsp3) is 0.364. The number of nitrogens with one attached hydrogen (secondary N) is 2. The van der Waals surface area contributed by atoms with Crippen molar-refractivity contribution in [3.63, 3.8) is 0 Å². The van der Waals surface area contributed by atoms with Crippen molar-refractivity contribution >= 4 is 64.7 Å². The van der Waals surface area contributed by atoms with Crippen molar-refractivity contribution in [2.45, 2.75) is 0 Å². The van der Waals surface area contributed by atoms with Crippen LogP contribution in [0.15, 0.2) is 17.1 Å². The molecule has 0 unspecified atom stereocenters. The Morgan fingerprint density at radius 3 is 2.32 bits per heavy atom. The highest BCUT2D eigenvalue weighted by Crippen LogP contribution is 2.35. The zero-order chi connectivity index (χ0) is 13.5. The van der Waals surface area contributed by atoms with Gasteiger partial charge in [0.15, 0.2) is 11.7 Å². The van der Waals surface area contributed by atoms with Gasteiger partial charge in [-0.1, -0.05) is 34.8 Å². The van der Waals surface area contributed by atoms with E-state index in [2.05, 4.69) is 15.6 Å². The molecule has 0 saturated carbocycles. The lowest BCUT2D eigenvalue weighted by Crippen LogP contribution is -2.37. The van der Waals surface area contributed by atoms with Gasteiger partial charge < -0.3 is 15.4 Å². The standard InChI is InChI=1S/C11H14Cl3N3O.HI/c1-15-11(16-2)17-3-4-18-10-8(13)5-7(12)6-9(10)14;/h5-6H,3-4H2,1-2H3,(H2,15,16,17);1H. The van der Waals surface area contributed by atoms with Gasteiger partial charge >= 0.3 is 0 Å². The maximum atomic E-state index is 5.98. The average molecular weight is 439 g/mol. The van der Waals surface area contributed by atoms with Crippen molar-refractivity contribution in [3.05, 3.63) is 27.2 Å². The first-order valence-corrected chi connectivity index (χ1v) is 6.37. The van der Waals surface area contributed by atoms with E-state index < -0.39 is 0 Å². The second-order valence-electron chi connectivity index (χ2n) is 3.30. The molecule has 108 valence electrons. The fourth-order valence-corrected chi connectivity index (χ4v) is 2.19. The molecular weight excluding hydrogens is 423 g/mol. The first-order valence-electron chi connectivity index (χ1n) is 5.24. The molecule has 0 radical (unpaired) electrons. The van der Waals surface area contributed by atoms with Crippen LogP contribution in [-0.2, 0) is 0 Å². The third-order valence-corrected chi connectivity index (χ3v) is 2.84. The molecule has 0 atom stereocenters. The van der Waals surface area contributed by atoms with Gasteiger partial charge in [-0.25, -0.2) is 0 Å². The first kappa shape index (κ1) is 18.9. The van der Waals surface area contributed by atoms with Gasteiger partial charge in [0.25, 0.3) is 0 Å². The summed E-state index contributed by atoms with van der Waals surface area (Å²) in [6.07, 6.45) is 0. The molecule has 0 saturated heterocycles. The van der Waals surface area contributed by atoms with Crippen molar-refractivity contribution < 1.29 is 4.74 Å². The van der Waals surface area contributed by atoms with Crippen LogP contribution in [0, 0.1) is 0 Å². The number of rotatable bonds is 4. The molecule has 0 heterocycles. The lowest BCUT2D eigenvalue weighted by Gasteiger charge is -2.12. The molecule has 0 aromatic heterocycles. The van der Waals surface area contributed by atoms with Gasteiger partial charge in [-0.15, -0.1) is 24.0 Å². The molecule has 1 aromatic rings. The van der Waals surface area contributed by atoms with Gasteiger partial charge in [0.05, 0.1) is 16.6 Å². The normalized spacial score (nSPS) is 10.7. The molecule has 4 nitrogen and oxygen atoms in total. The van der Waals surface area contributed by atoms with E-state index in [1.165, 1.54) is 0 Å². The topological polar surface area (TPSA) is 45.7 Å². The monoisotopic (exact) mass is 437 g/mol.